The first kappa shape index (κ1) is 26.3. The number of nitrogens with one attached hydrogen (secondary N) is 2. The molecule has 2 aromatic rings. The zero-order chi connectivity index (χ0) is 24.7. The van der Waals surface area contributed by atoms with E-state index in [9.17, 15) is 14.4 Å². The predicted octanol–water partition coefficient (Wildman–Crippen LogP) is 3.32. The van der Waals surface area contributed by atoms with Gasteiger partial charge in [-0.25, -0.2) is 9.48 Å². The van der Waals surface area contributed by atoms with Crippen LogP contribution in [0, 0.1) is 14.9 Å². The van der Waals surface area contributed by atoms with Gasteiger partial charge in [0, 0.05) is 27.6 Å². The molecule has 10 nitrogen and oxygen atoms in total. The number of amides is 2. The number of rotatable bonds is 7. The Kier molecular flexibility index (Phi) is 9.36. The number of hydrogen-bond acceptors (Lipinski definition) is 8. The van der Waals surface area contributed by atoms with Crippen molar-refractivity contribution in [2.24, 2.45) is 12.1 Å². The lowest BCUT2D eigenvalue weighted by molar-refractivity contribution is -0.114. The number of nitrogens with zero attached hydrogens (tertiary/aromatic N) is 4. The Labute approximate surface area is 209 Å². The first-order chi connectivity index (χ1) is 15.6. The Balaban J connectivity index is 2.25. The highest BCUT2D eigenvalue weighted by Crippen LogP contribution is 2.29. The largest absolute Gasteiger partial charge is 0.450 e. The summed E-state index contributed by atoms with van der Waals surface area (Å²) in [5.74, 6) is -0.942. The van der Waals surface area contributed by atoms with Crippen LogP contribution in [-0.2, 0) is 23.0 Å². The molecule has 0 unspecified atom stereocenters. The van der Waals surface area contributed by atoms with Crippen molar-refractivity contribution < 1.29 is 14.3 Å². The van der Waals surface area contributed by atoms with Crippen LogP contribution in [0.4, 0.5) is 10.5 Å². The van der Waals surface area contributed by atoms with Crippen molar-refractivity contribution >= 4 is 57.6 Å². The quantitative estimate of drug-likeness (QED) is 0.289. The molecule has 0 aliphatic carbocycles. The van der Waals surface area contributed by atoms with Gasteiger partial charge in [0.25, 0.3) is 11.5 Å². The molecule has 0 fully saturated rings. The van der Waals surface area contributed by atoms with E-state index in [0.29, 0.717) is 28.4 Å². The monoisotopic (exact) mass is 584 g/mol. The molecule has 0 spiro atoms. The van der Waals surface area contributed by atoms with Gasteiger partial charge < -0.3 is 4.74 Å². The lowest BCUT2D eigenvalue weighted by atomic mass is 10.0. The third-order valence-corrected chi connectivity index (χ3v) is 5.67. The molecule has 1 aromatic carbocycles. The average molecular weight is 585 g/mol. The number of hydrazone groups is 1. The minimum Gasteiger partial charge on any atom is -0.450 e. The van der Waals surface area contributed by atoms with Gasteiger partial charge in [-0.1, -0.05) is 25.4 Å². The zero-order valence-electron chi connectivity index (χ0n) is 18.4. The topological polar surface area (TPSA) is 138 Å². The number of carbonyl (C=O) groups excluding carboxylic acids is 2. The van der Waals surface area contributed by atoms with E-state index in [1.807, 2.05) is 19.2 Å². The number of halogens is 2. The van der Waals surface area contributed by atoms with Crippen LogP contribution >= 0.6 is 34.2 Å². The van der Waals surface area contributed by atoms with Crippen LogP contribution in [0.15, 0.2) is 28.1 Å². The first-order valence-corrected chi connectivity index (χ1v) is 11.3. The summed E-state index contributed by atoms with van der Waals surface area (Å²) in [6, 6.07) is 6.72. The van der Waals surface area contributed by atoms with Gasteiger partial charge in [0.1, 0.15) is 6.07 Å². The molecule has 0 radical (unpaired) electrons. The van der Waals surface area contributed by atoms with Crippen LogP contribution in [-0.4, -0.2) is 34.1 Å². The Hall–Kier alpha value is -2.98. The summed E-state index contributed by atoms with van der Waals surface area (Å²) in [5.41, 5.74) is 4.50. The highest BCUT2D eigenvalue weighted by atomic mass is 127. The molecule has 12 heteroatoms. The van der Waals surface area contributed by atoms with Crippen LogP contribution in [0.3, 0.4) is 0 Å². The third-order valence-electron chi connectivity index (χ3n) is 4.37. The molecule has 1 aromatic heterocycles. The highest BCUT2D eigenvalue weighted by molar-refractivity contribution is 14.1. The fourth-order valence-corrected chi connectivity index (χ4v) is 4.04. The second-order valence-electron chi connectivity index (χ2n) is 7.13. The minimum absolute atomic E-state index is 0.0554. The first-order valence-electron chi connectivity index (χ1n) is 9.84. The molecule has 1 heterocycles. The minimum atomic E-state index is -0.998. The number of carbonyl (C=O) groups is 2. The summed E-state index contributed by atoms with van der Waals surface area (Å²) in [4.78, 5) is 35.5. The third kappa shape index (κ3) is 7.00. The van der Waals surface area contributed by atoms with Gasteiger partial charge in [0.15, 0.2) is 0 Å². The number of nitriles is 1. The van der Waals surface area contributed by atoms with Crippen molar-refractivity contribution in [1.29, 1.82) is 5.26 Å². The Bertz CT molecular complexity index is 1180. The number of hydrogen-bond donors (Lipinski definition) is 2. The van der Waals surface area contributed by atoms with E-state index in [-0.39, 0.29) is 18.1 Å². The fourth-order valence-electron chi connectivity index (χ4n) is 2.78. The van der Waals surface area contributed by atoms with Gasteiger partial charge in [0.2, 0.25) is 5.71 Å². The molecular weight excluding hydrogens is 563 g/mol. The summed E-state index contributed by atoms with van der Waals surface area (Å²) in [7, 11) is 1.61. The highest BCUT2D eigenvalue weighted by Gasteiger charge is 2.17. The van der Waals surface area contributed by atoms with E-state index in [4.69, 9.17) is 16.9 Å². The average Bonchev–Trinajstić information content (AvgIpc) is 2.73. The van der Waals surface area contributed by atoms with Crippen molar-refractivity contribution in [3.63, 3.8) is 0 Å². The number of aromatic nitrogens is 2. The Morgan fingerprint density at radius 3 is 2.64 bits per heavy atom. The summed E-state index contributed by atoms with van der Waals surface area (Å²) in [5, 5.41) is 19.5. The maximum Gasteiger partial charge on any atom is 0.414 e. The molecule has 0 aliphatic heterocycles. The summed E-state index contributed by atoms with van der Waals surface area (Å²) < 4.78 is 6.71. The summed E-state index contributed by atoms with van der Waals surface area (Å²) >= 11 is 8.58. The van der Waals surface area contributed by atoms with Crippen molar-refractivity contribution in [3.8, 4) is 6.07 Å². The van der Waals surface area contributed by atoms with E-state index < -0.39 is 17.7 Å². The van der Waals surface area contributed by atoms with Crippen LogP contribution in [0.2, 0.25) is 5.02 Å². The van der Waals surface area contributed by atoms with Crippen molar-refractivity contribution in [3.05, 3.63) is 54.0 Å². The summed E-state index contributed by atoms with van der Waals surface area (Å²) in [6.45, 7) is 5.55. The van der Waals surface area contributed by atoms with Crippen LogP contribution in [0.25, 0.3) is 0 Å². The summed E-state index contributed by atoms with van der Waals surface area (Å²) in [6.07, 6.45) is -0.570. The van der Waals surface area contributed by atoms with Crippen LogP contribution in [0.1, 0.15) is 43.5 Å². The van der Waals surface area contributed by atoms with Gasteiger partial charge in [-0.2, -0.15) is 15.5 Å². The van der Waals surface area contributed by atoms with Gasteiger partial charge >= 0.3 is 6.09 Å². The van der Waals surface area contributed by atoms with Gasteiger partial charge in [-0.05, 0) is 59.2 Å². The fraction of sp³-hybridized carbons (Fsp3) is 0.333. The smallest absolute Gasteiger partial charge is 0.414 e. The molecule has 2 amide bonds. The Morgan fingerprint density at radius 2 is 2.06 bits per heavy atom. The SMILES string of the molecule is CCOC(=O)NC(=O)/C(C#N)=N/Nc1cc(Cl)c(Cc2cc(C(C)C)c(=O)n(C)n2)c(I)c1. The molecule has 33 heavy (non-hydrogen) atoms. The normalized spacial score (nSPS) is 11.2. The number of ether oxygens (including phenoxy) is 1. The maximum absolute atomic E-state index is 12.3. The maximum atomic E-state index is 12.3. The van der Waals surface area contributed by atoms with E-state index in [1.54, 1.807) is 38.2 Å². The van der Waals surface area contributed by atoms with E-state index >= 15 is 0 Å². The van der Waals surface area contributed by atoms with Gasteiger partial charge in [-0.3, -0.25) is 20.3 Å². The molecule has 0 saturated heterocycles. The lowest BCUT2D eigenvalue weighted by Gasteiger charge is -2.13. The molecule has 2 rings (SSSR count). The molecule has 2 N–H and O–H groups in total. The van der Waals surface area contributed by atoms with Crippen molar-refractivity contribution in [2.45, 2.75) is 33.1 Å². The number of imide groups is 1. The number of benzene rings is 1. The van der Waals surface area contributed by atoms with E-state index in [0.717, 1.165) is 9.13 Å². The Morgan fingerprint density at radius 1 is 1.36 bits per heavy atom. The molecule has 174 valence electrons. The standard InChI is InChI=1S/C21H22ClIN6O4/c1-5-33-21(32)25-19(30)18(10-24)27-26-12-8-16(22)15(17(23)9-12)7-13-6-14(11(2)3)20(31)29(4)28-13/h6,8-9,11,26H,5,7H2,1-4H3,(H,25,30,32)/b27-18+. The lowest BCUT2D eigenvalue weighted by Crippen LogP contribution is -2.36. The van der Waals surface area contributed by atoms with Crippen LogP contribution in [0.5, 0.6) is 0 Å². The second-order valence-corrected chi connectivity index (χ2v) is 8.70. The van der Waals surface area contributed by atoms with E-state index in [2.05, 4.69) is 43.0 Å². The second kappa shape index (κ2) is 11.8. The van der Waals surface area contributed by atoms with Gasteiger partial charge in [-0.15, -0.1) is 0 Å². The van der Waals surface area contributed by atoms with Crippen molar-refractivity contribution in [1.82, 2.24) is 15.1 Å². The molecule has 0 atom stereocenters. The predicted molar refractivity (Wildman–Crippen MR) is 132 cm³/mol. The van der Waals surface area contributed by atoms with Crippen LogP contribution < -0.4 is 16.3 Å². The number of aryl methyl sites for hydroxylation is 1. The molecule has 0 aliphatic rings. The zero-order valence-corrected chi connectivity index (χ0v) is 21.3. The van der Waals surface area contributed by atoms with Crippen molar-refractivity contribution in [2.75, 3.05) is 12.0 Å². The van der Waals surface area contributed by atoms with Gasteiger partial charge in [0.05, 0.1) is 18.0 Å². The molecule has 0 bridgehead atoms. The molecule has 0 saturated carbocycles. The molecular formula is C21H22ClIN6O4. The van der Waals surface area contributed by atoms with E-state index in [1.165, 1.54) is 4.68 Å². The number of alkyl carbamates (subject to hydrolysis) is 1. The number of anilines is 1.